The Bertz CT molecular complexity index is 1040. The van der Waals surface area contributed by atoms with Crippen LogP contribution in [0.4, 0.5) is 0 Å². The van der Waals surface area contributed by atoms with Gasteiger partial charge in [-0.15, -0.1) is 10.2 Å². The van der Waals surface area contributed by atoms with Crippen molar-refractivity contribution >= 4 is 39.7 Å². The fraction of sp³-hybridized carbons (Fsp3) is 0.176. The average molecular weight is 353 g/mol. The minimum atomic E-state index is -0.109. The van der Waals surface area contributed by atoms with Crippen molar-refractivity contribution < 1.29 is 9.21 Å². The summed E-state index contributed by atoms with van der Waals surface area (Å²) < 4.78 is 7.16. The van der Waals surface area contributed by atoms with E-state index in [1.807, 2.05) is 41.9 Å². The quantitative estimate of drug-likeness (QED) is 0.555. The summed E-state index contributed by atoms with van der Waals surface area (Å²) in [5.41, 5.74) is 2.58. The lowest BCUT2D eigenvalue weighted by molar-refractivity contribution is -0.118. The minimum Gasteiger partial charge on any atom is -0.467 e. The third kappa shape index (κ3) is 3.08. The number of nitrogens with zero attached hydrogens (tertiary/aromatic N) is 4. The van der Waals surface area contributed by atoms with Crippen molar-refractivity contribution in [2.75, 3.05) is 5.75 Å². The molecule has 1 amide bonds. The summed E-state index contributed by atoms with van der Waals surface area (Å²) in [4.78, 5) is 16.5. The molecule has 0 aliphatic carbocycles. The molecular weight excluding hydrogens is 338 g/mol. The summed E-state index contributed by atoms with van der Waals surface area (Å²) in [7, 11) is 1.95. The molecule has 0 unspecified atom stereocenters. The molecule has 7 nitrogen and oxygen atoms in total. The first-order valence-electron chi connectivity index (χ1n) is 7.72. The number of aromatic nitrogens is 4. The van der Waals surface area contributed by atoms with Gasteiger partial charge in [0.15, 0.2) is 5.65 Å². The van der Waals surface area contributed by atoms with Gasteiger partial charge >= 0.3 is 0 Å². The Morgan fingerprint density at radius 3 is 2.96 bits per heavy atom. The number of furan rings is 1. The number of thioether (sulfide) groups is 1. The van der Waals surface area contributed by atoms with Gasteiger partial charge in [0.1, 0.15) is 11.3 Å². The van der Waals surface area contributed by atoms with Gasteiger partial charge in [-0.1, -0.05) is 30.0 Å². The fourth-order valence-corrected chi connectivity index (χ4v) is 3.25. The molecule has 0 bridgehead atoms. The second-order valence-electron chi connectivity index (χ2n) is 5.49. The van der Waals surface area contributed by atoms with Gasteiger partial charge in [-0.25, -0.2) is 4.98 Å². The predicted molar refractivity (Wildman–Crippen MR) is 95.1 cm³/mol. The molecule has 3 heterocycles. The van der Waals surface area contributed by atoms with E-state index in [1.165, 1.54) is 11.8 Å². The molecular formula is C17H15N5O2S. The Kier molecular flexibility index (Phi) is 4.10. The molecule has 0 spiro atoms. The highest BCUT2D eigenvalue weighted by molar-refractivity contribution is 7.99. The van der Waals surface area contributed by atoms with Crippen LogP contribution in [0.1, 0.15) is 5.76 Å². The molecule has 4 rings (SSSR count). The van der Waals surface area contributed by atoms with Crippen molar-refractivity contribution in [1.82, 2.24) is 25.1 Å². The third-order valence-corrected chi connectivity index (χ3v) is 4.70. The van der Waals surface area contributed by atoms with Crippen LogP contribution in [0, 0.1) is 0 Å². The maximum absolute atomic E-state index is 11.9. The summed E-state index contributed by atoms with van der Waals surface area (Å²) in [6.07, 6.45) is 1.58. The van der Waals surface area contributed by atoms with Gasteiger partial charge < -0.3 is 14.3 Å². The van der Waals surface area contributed by atoms with Gasteiger partial charge in [-0.3, -0.25) is 4.79 Å². The third-order valence-electron chi connectivity index (χ3n) is 3.86. The molecule has 0 saturated heterocycles. The van der Waals surface area contributed by atoms with E-state index in [9.17, 15) is 4.79 Å². The van der Waals surface area contributed by atoms with Gasteiger partial charge in [0, 0.05) is 12.4 Å². The first-order chi connectivity index (χ1) is 12.2. The van der Waals surface area contributed by atoms with Gasteiger partial charge in [0.05, 0.1) is 24.1 Å². The Labute approximate surface area is 147 Å². The van der Waals surface area contributed by atoms with Crippen LogP contribution < -0.4 is 5.32 Å². The number of rotatable bonds is 5. The molecule has 0 aliphatic rings. The molecule has 0 atom stereocenters. The topological polar surface area (TPSA) is 85.8 Å². The zero-order chi connectivity index (χ0) is 17.2. The lowest BCUT2D eigenvalue weighted by Crippen LogP contribution is -2.24. The van der Waals surface area contributed by atoms with Gasteiger partial charge in [-0.2, -0.15) is 0 Å². The Balaban J connectivity index is 1.47. The largest absolute Gasteiger partial charge is 0.467 e. The maximum Gasteiger partial charge on any atom is 0.230 e. The lowest BCUT2D eigenvalue weighted by atomic mass is 10.2. The number of nitrogens with one attached hydrogen (secondary N) is 1. The Hall–Kier alpha value is -2.87. The second kappa shape index (κ2) is 6.56. The molecule has 1 aromatic carbocycles. The molecule has 3 aromatic heterocycles. The Morgan fingerprint density at radius 1 is 1.24 bits per heavy atom. The van der Waals surface area contributed by atoms with Crippen LogP contribution in [0.5, 0.6) is 0 Å². The molecule has 0 aliphatic heterocycles. The number of para-hydroxylation sites is 1. The SMILES string of the molecule is Cn1c2ccccc2c2nnc(SCC(=O)NCc3ccco3)nc21. The van der Waals surface area contributed by atoms with Crippen LogP contribution >= 0.6 is 11.8 Å². The monoisotopic (exact) mass is 353 g/mol. The zero-order valence-corrected chi connectivity index (χ0v) is 14.3. The number of fused-ring (bicyclic) bond motifs is 3. The van der Waals surface area contributed by atoms with Crippen LogP contribution in [0.3, 0.4) is 0 Å². The molecule has 0 radical (unpaired) electrons. The van der Waals surface area contributed by atoms with Crippen LogP contribution in [0.25, 0.3) is 22.1 Å². The molecule has 0 saturated carbocycles. The van der Waals surface area contributed by atoms with Crippen LogP contribution in [-0.2, 0) is 18.4 Å². The molecule has 8 heteroatoms. The molecule has 0 fully saturated rings. The van der Waals surface area contributed by atoms with E-state index >= 15 is 0 Å². The number of hydrogen-bond donors (Lipinski definition) is 1. The number of carbonyl (C=O) groups excluding carboxylic acids is 1. The van der Waals surface area contributed by atoms with Crippen molar-refractivity contribution in [3.05, 3.63) is 48.4 Å². The van der Waals surface area contributed by atoms with E-state index in [-0.39, 0.29) is 11.7 Å². The van der Waals surface area contributed by atoms with Crippen molar-refractivity contribution in [2.24, 2.45) is 7.05 Å². The van der Waals surface area contributed by atoms with Crippen LogP contribution in [-0.4, -0.2) is 31.4 Å². The van der Waals surface area contributed by atoms with Crippen molar-refractivity contribution in [1.29, 1.82) is 0 Å². The van der Waals surface area contributed by atoms with E-state index in [0.717, 1.165) is 22.1 Å². The standard InChI is InChI=1S/C17H15N5O2S/c1-22-13-7-3-2-6-12(13)15-16(22)19-17(21-20-15)25-10-14(23)18-9-11-5-4-8-24-11/h2-8H,9-10H2,1H3,(H,18,23). The highest BCUT2D eigenvalue weighted by Gasteiger charge is 2.13. The van der Waals surface area contributed by atoms with E-state index in [2.05, 4.69) is 20.5 Å². The van der Waals surface area contributed by atoms with Crippen LogP contribution in [0.2, 0.25) is 0 Å². The Morgan fingerprint density at radius 2 is 2.12 bits per heavy atom. The molecule has 1 N–H and O–H groups in total. The summed E-state index contributed by atoms with van der Waals surface area (Å²) in [6, 6.07) is 11.6. The number of amides is 1. The fourth-order valence-electron chi connectivity index (χ4n) is 2.63. The van der Waals surface area contributed by atoms with E-state index in [4.69, 9.17) is 4.42 Å². The van der Waals surface area contributed by atoms with Crippen LogP contribution in [0.15, 0.2) is 52.2 Å². The first kappa shape index (κ1) is 15.6. The summed E-state index contributed by atoms with van der Waals surface area (Å²) in [6.45, 7) is 0.369. The van der Waals surface area contributed by atoms with Crippen molar-refractivity contribution in [3.63, 3.8) is 0 Å². The van der Waals surface area contributed by atoms with Gasteiger partial charge in [-0.05, 0) is 18.2 Å². The van der Waals surface area contributed by atoms with Gasteiger partial charge in [0.25, 0.3) is 0 Å². The van der Waals surface area contributed by atoms with Gasteiger partial charge in [0.2, 0.25) is 11.1 Å². The summed E-state index contributed by atoms with van der Waals surface area (Å²) in [5, 5.41) is 12.7. The summed E-state index contributed by atoms with van der Waals surface area (Å²) in [5.74, 6) is 0.827. The number of aryl methyl sites for hydroxylation is 1. The maximum atomic E-state index is 11.9. The number of benzene rings is 1. The minimum absolute atomic E-state index is 0.109. The summed E-state index contributed by atoms with van der Waals surface area (Å²) >= 11 is 1.26. The lowest BCUT2D eigenvalue weighted by Gasteiger charge is -2.03. The zero-order valence-electron chi connectivity index (χ0n) is 13.5. The highest BCUT2D eigenvalue weighted by Crippen LogP contribution is 2.25. The molecule has 4 aromatic rings. The average Bonchev–Trinajstić information content (AvgIpc) is 3.26. The smallest absolute Gasteiger partial charge is 0.230 e. The normalized spacial score (nSPS) is 11.2. The van der Waals surface area contributed by atoms with E-state index in [0.29, 0.717) is 17.5 Å². The number of hydrogen-bond acceptors (Lipinski definition) is 6. The highest BCUT2D eigenvalue weighted by atomic mass is 32.2. The molecule has 126 valence electrons. The predicted octanol–water partition coefficient (Wildman–Crippen LogP) is 2.52. The van der Waals surface area contributed by atoms with E-state index < -0.39 is 0 Å². The van der Waals surface area contributed by atoms with Crippen molar-refractivity contribution in [2.45, 2.75) is 11.7 Å². The van der Waals surface area contributed by atoms with E-state index in [1.54, 1.807) is 12.3 Å². The van der Waals surface area contributed by atoms with Crippen molar-refractivity contribution in [3.8, 4) is 0 Å². The first-order valence-corrected chi connectivity index (χ1v) is 8.70. The number of carbonyl (C=O) groups is 1. The molecule has 25 heavy (non-hydrogen) atoms. The second-order valence-corrected chi connectivity index (χ2v) is 6.43.